The Morgan fingerprint density at radius 3 is 2.57 bits per heavy atom. The third kappa shape index (κ3) is 3.55. The Labute approximate surface area is 138 Å². The highest BCUT2D eigenvalue weighted by Gasteiger charge is 2.32. The Morgan fingerprint density at radius 1 is 1.13 bits per heavy atom. The summed E-state index contributed by atoms with van der Waals surface area (Å²) in [5, 5.41) is 5.67. The van der Waals surface area contributed by atoms with Crippen LogP contribution in [0.3, 0.4) is 0 Å². The molecule has 1 saturated carbocycles. The van der Waals surface area contributed by atoms with Crippen LogP contribution in [0.4, 0.5) is 9.80 Å². The minimum Gasteiger partial charge on any atom is -0.453 e. The van der Waals surface area contributed by atoms with Gasteiger partial charge in [-0.2, -0.15) is 0 Å². The molecule has 3 rings (SSSR count). The van der Waals surface area contributed by atoms with Crippen LogP contribution < -0.4 is 10.6 Å². The van der Waals surface area contributed by atoms with E-state index in [0.29, 0.717) is 10.6 Å². The molecule has 7 heteroatoms. The molecule has 1 fully saturated rings. The van der Waals surface area contributed by atoms with Gasteiger partial charge in [-0.1, -0.05) is 6.42 Å². The molecular weight excluding hydrogens is 316 g/mol. The van der Waals surface area contributed by atoms with Crippen LogP contribution >= 0.6 is 11.3 Å². The van der Waals surface area contributed by atoms with Crippen molar-refractivity contribution in [3.05, 3.63) is 16.0 Å². The Hall–Kier alpha value is -1.89. The second-order valence-electron chi connectivity index (χ2n) is 5.98. The van der Waals surface area contributed by atoms with E-state index >= 15 is 0 Å². The van der Waals surface area contributed by atoms with Crippen molar-refractivity contribution in [3.8, 4) is 0 Å². The maximum absolute atomic E-state index is 12.5. The topological polar surface area (TPSA) is 84.5 Å². The minimum atomic E-state index is -0.789. The molecule has 1 aromatic rings. The highest BCUT2D eigenvalue weighted by Crippen LogP contribution is 2.39. The van der Waals surface area contributed by atoms with E-state index in [9.17, 15) is 14.4 Å². The molecule has 2 N–H and O–H groups in total. The van der Waals surface area contributed by atoms with Crippen molar-refractivity contribution in [1.82, 2.24) is 5.32 Å². The van der Waals surface area contributed by atoms with Crippen LogP contribution in [0.2, 0.25) is 0 Å². The van der Waals surface area contributed by atoms with E-state index < -0.39 is 12.0 Å². The Balaban J connectivity index is 1.91. The van der Waals surface area contributed by atoms with Gasteiger partial charge in [0.15, 0.2) is 0 Å². The van der Waals surface area contributed by atoms with Gasteiger partial charge in [-0.3, -0.25) is 14.9 Å². The van der Waals surface area contributed by atoms with Crippen LogP contribution in [0, 0.1) is 5.92 Å². The SMILES string of the molecule is COC(=O)NC(=O)c1c(NC(=O)C2CC2)sc2c1CCCCC2. The van der Waals surface area contributed by atoms with E-state index in [0.717, 1.165) is 55.4 Å². The third-order valence-corrected chi connectivity index (χ3v) is 5.44. The van der Waals surface area contributed by atoms with Crippen molar-refractivity contribution in [2.24, 2.45) is 5.92 Å². The summed E-state index contributed by atoms with van der Waals surface area (Å²) in [4.78, 5) is 37.1. The van der Waals surface area contributed by atoms with E-state index in [-0.39, 0.29) is 11.8 Å². The van der Waals surface area contributed by atoms with Crippen molar-refractivity contribution in [1.29, 1.82) is 0 Å². The number of hydrogen-bond acceptors (Lipinski definition) is 5. The maximum Gasteiger partial charge on any atom is 0.413 e. The van der Waals surface area contributed by atoms with Gasteiger partial charge in [0.25, 0.3) is 5.91 Å². The smallest absolute Gasteiger partial charge is 0.413 e. The van der Waals surface area contributed by atoms with Gasteiger partial charge in [0.1, 0.15) is 5.00 Å². The van der Waals surface area contributed by atoms with Crippen molar-refractivity contribution in [2.75, 3.05) is 12.4 Å². The summed E-state index contributed by atoms with van der Waals surface area (Å²) in [5.41, 5.74) is 1.41. The van der Waals surface area contributed by atoms with Gasteiger partial charge in [-0.15, -0.1) is 11.3 Å². The van der Waals surface area contributed by atoms with Gasteiger partial charge in [-0.05, 0) is 44.1 Å². The molecule has 6 nitrogen and oxygen atoms in total. The number of rotatable bonds is 3. The second-order valence-corrected chi connectivity index (χ2v) is 7.08. The summed E-state index contributed by atoms with van der Waals surface area (Å²) in [6.07, 6.45) is 5.96. The maximum atomic E-state index is 12.5. The molecule has 23 heavy (non-hydrogen) atoms. The number of fused-ring (bicyclic) bond motifs is 1. The van der Waals surface area contributed by atoms with Crippen LogP contribution in [-0.2, 0) is 22.4 Å². The second kappa shape index (κ2) is 6.70. The van der Waals surface area contributed by atoms with Gasteiger partial charge in [0.05, 0.1) is 12.7 Å². The molecule has 0 radical (unpaired) electrons. The van der Waals surface area contributed by atoms with Crippen molar-refractivity contribution in [2.45, 2.75) is 44.9 Å². The Morgan fingerprint density at radius 2 is 1.87 bits per heavy atom. The normalized spacial score (nSPS) is 16.9. The number of methoxy groups -OCH3 is 1. The summed E-state index contributed by atoms with van der Waals surface area (Å²) in [6.45, 7) is 0. The molecule has 0 atom stereocenters. The molecule has 0 aliphatic heterocycles. The van der Waals surface area contributed by atoms with Gasteiger partial charge in [0, 0.05) is 10.8 Å². The van der Waals surface area contributed by atoms with Crippen molar-refractivity contribution >= 4 is 34.2 Å². The number of thiophene rings is 1. The van der Waals surface area contributed by atoms with Crippen LogP contribution in [0.5, 0.6) is 0 Å². The van der Waals surface area contributed by atoms with Crippen molar-refractivity contribution in [3.63, 3.8) is 0 Å². The number of hydrogen-bond donors (Lipinski definition) is 2. The first-order valence-electron chi connectivity index (χ1n) is 7.95. The molecule has 124 valence electrons. The fraction of sp³-hybridized carbons (Fsp3) is 0.562. The van der Waals surface area contributed by atoms with E-state index in [1.54, 1.807) is 0 Å². The van der Waals surface area contributed by atoms with Crippen LogP contribution in [-0.4, -0.2) is 25.0 Å². The summed E-state index contributed by atoms with van der Waals surface area (Å²) in [7, 11) is 1.21. The molecular formula is C16H20N2O4S. The first-order chi connectivity index (χ1) is 11.1. The number of carbonyl (C=O) groups excluding carboxylic acids is 3. The average Bonchev–Trinajstić information content (AvgIpc) is 3.33. The monoisotopic (exact) mass is 336 g/mol. The number of anilines is 1. The molecule has 1 aromatic heterocycles. The molecule has 0 bridgehead atoms. The Kier molecular flexibility index (Phi) is 4.66. The van der Waals surface area contributed by atoms with E-state index in [1.165, 1.54) is 18.4 Å². The fourth-order valence-corrected chi connectivity index (χ4v) is 4.13. The van der Waals surface area contributed by atoms with Crippen LogP contribution in [0.25, 0.3) is 0 Å². The average molecular weight is 336 g/mol. The van der Waals surface area contributed by atoms with E-state index in [1.807, 2.05) is 0 Å². The number of carbonyl (C=O) groups is 3. The summed E-state index contributed by atoms with van der Waals surface area (Å²) in [6, 6.07) is 0. The molecule has 3 amide bonds. The van der Waals surface area contributed by atoms with E-state index in [4.69, 9.17) is 0 Å². The lowest BCUT2D eigenvalue weighted by Gasteiger charge is -2.08. The third-order valence-electron chi connectivity index (χ3n) is 4.23. The lowest BCUT2D eigenvalue weighted by Crippen LogP contribution is -2.31. The lowest BCUT2D eigenvalue weighted by molar-refractivity contribution is -0.117. The standard InChI is InChI=1S/C16H20N2O4S/c1-22-16(21)18-14(20)12-10-5-3-2-4-6-11(10)23-15(12)17-13(19)9-7-8-9/h9H,2-8H2,1H3,(H,17,19)(H,18,20,21). The highest BCUT2D eigenvalue weighted by atomic mass is 32.1. The number of alkyl carbamates (subject to hydrolysis) is 1. The predicted molar refractivity (Wildman–Crippen MR) is 86.8 cm³/mol. The molecule has 0 spiro atoms. The quantitative estimate of drug-likeness (QED) is 0.831. The van der Waals surface area contributed by atoms with Gasteiger partial charge in [0.2, 0.25) is 5.91 Å². The van der Waals surface area contributed by atoms with Crippen molar-refractivity contribution < 1.29 is 19.1 Å². The van der Waals surface area contributed by atoms with E-state index in [2.05, 4.69) is 15.4 Å². The molecule has 0 aromatic carbocycles. The van der Waals surface area contributed by atoms with Gasteiger partial charge >= 0.3 is 6.09 Å². The number of imide groups is 1. The zero-order valence-electron chi connectivity index (χ0n) is 13.1. The predicted octanol–water partition coefficient (Wildman–Crippen LogP) is 2.86. The number of ether oxygens (including phenoxy) is 1. The van der Waals surface area contributed by atoms with Crippen LogP contribution in [0.15, 0.2) is 0 Å². The van der Waals surface area contributed by atoms with Crippen LogP contribution in [0.1, 0.15) is 52.9 Å². The highest BCUT2D eigenvalue weighted by molar-refractivity contribution is 7.17. The largest absolute Gasteiger partial charge is 0.453 e. The number of aryl methyl sites for hydroxylation is 1. The van der Waals surface area contributed by atoms with Gasteiger partial charge < -0.3 is 10.1 Å². The zero-order chi connectivity index (χ0) is 16.4. The first-order valence-corrected chi connectivity index (χ1v) is 8.76. The first kappa shape index (κ1) is 16.0. The molecule has 0 saturated heterocycles. The zero-order valence-corrected chi connectivity index (χ0v) is 13.9. The molecule has 1 heterocycles. The van der Waals surface area contributed by atoms with Gasteiger partial charge in [-0.25, -0.2) is 4.79 Å². The summed E-state index contributed by atoms with van der Waals surface area (Å²) in [5.74, 6) is -0.468. The molecule has 2 aliphatic rings. The molecule has 2 aliphatic carbocycles. The number of amides is 3. The molecule has 0 unspecified atom stereocenters. The summed E-state index contributed by atoms with van der Waals surface area (Å²) >= 11 is 1.47. The minimum absolute atomic E-state index is 0.0338. The Bertz CT molecular complexity index is 649. The summed E-state index contributed by atoms with van der Waals surface area (Å²) < 4.78 is 4.50. The lowest BCUT2D eigenvalue weighted by atomic mass is 10.0. The fourth-order valence-electron chi connectivity index (χ4n) is 2.84. The number of nitrogens with one attached hydrogen (secondary N) is 2.